The van der Waals surface area contributed by atoms with Crippen molar-refractivity contribution in [2.45, 2.75) is 33.4 Å². The average Bonchev–Trinajstić information content (AvgIpc) is 2.80. The molecule has 96 valence electrons. The van der Waals surface area contributed by atoms with Crippen LogP contribution in [0.4, 0.5) is 0 Å². The van der Waals surface area contributed by atoms with E-state index in [0.29, 0.717) is 0 Å². The lowest BCUT2D eigenvalue weighted by Gasteiger charge is -2.07. The van der Waals surface area contributed by atoms with E-state index in [1.807, 2.05) is 18.3 Å². The highest BCUT2D eigenvalue weighted by atomic mass is 35.5. The van der Waals surface area contributed by atoms with E-state index in [1.165, 1.54) is 16.0 Å². The van der Waals surface area contributed by atoms with Crippen LogP contribution in [0.3, 0.4) is 0 Å². The van der Waals surface area contributed by atoms with Crippen molar-refractivity contribution in [1.29, 1.82) is 0 Å². The number of halogens is 1. The SMILES string of the molecule is CCc1cnc(CNCc2ccc(Cl)cc2C)s1. The maximum absolute atomic E-state index is 5.94. The zero-order valence-electron chi connectivity index (χ0n) is 10.7. The quantitative estimate of drug-likeness (QED) is 0.897. The van der Waals surface area contributed by atoms with Gasteiger partial charge in [0, 0.05) is 29.2 Å². The maximum atomic E-state index is 5.94. The highest BCUT2D eigenvalue weighted by Crippen LogP contribution is 2.16. The van der Waals surface area contributed by atoms with Crippen LogP contribution in [0.25, 0.3) is 0 Å². The molecule has 0 unspecified atom stereocenters. The second-order valence-corrected chi connectivity index (χ2v) is 5.88. The smallest absolute Gasteiger partial charge is 0.107 e. The summed E-state index contributed by atoms with van der Waals surface area (Å²) in [5.41, 5.74) is 2.51. The number of aromatic nitrogens is 1. The van der Waals surface area contributed by atoms with Crippen LogP contribution >= 0.6 is 22.9 Å². The van der Waals surface area contributed by atoms with Crippen molar-refractivity contribution in [3.05, 3.63) is 50.4 Å². The van der Waals surface area contributed by atoms with E-state index in [0.717, 1.165) is 29.5 Å². The van der Waals surface area contributed by atoms with Crippen LogP contribution in [0.2, 0.25) is 5.02 Å². The Morgan fingerprint density at radius 2 is 2.17 bits per heavy atom. The molecule has 2 aromatic rings. The van der Waals surface area contributed by atoms with Crippen LogP contribution in [0.15, 0.2) is 24.4 Å². The van der Waals surface area contributed by atoms with Gasteiger partial charge in [-0.25, -0.2) is 4.98 Å². The summed E-state index contributed by atoms with van der Waals surface area (Å²) < 4.78 is 0. The van der Waals surface area contributed by atoms with E-state index in [-0.39, 0.29) is 0 Å². The van der Waals surface area contributed by atoms with Gasteiger partial charge in [0.05, 0.1) is 0 Å². The predicted molar refractivity (Wildman–Crippen MR) is 78.2 cm³/mol. The van der Waals surface area contributed by atoms with Crippen LogP contribution in [0.1, 0.15) is 27.9 Å². The number of hydrogen-bond donors (Lipinski definition) is 1. The third-order valence-electron chi connectivity index (χ3n) is 2.85. The molecule has 0 radical (unpaired) electrons. The van der Waals surface area contributed by atoms with Crippen molar-refractivity contribution in [1.82, 2.24) is 10.3 Å². The molecule has 4 heteroatoms. The normalized spacial score (nSPS) is 10.8. The molecular formula is C14H17ClN2S. The zero-order valence-corrected chi connectivity index (χ0v) is 12.2. The van der Waals surface area contributed by atoms with Gasteiger partial charge in [-0.15, -0.1) is 11.3 Å². The summed E-state index contributed by atoms with van der Waals surface area (Å²) in [6.07, 6.45) is 3.03. The maximum Gasteiger partial charge on any atom is 0.107 e. The van der Waals surface area contributed by atoms with E-state index < -0.39 is 0 Å². The largest absolute Gasteiger partial charge is 0.306 e. The Kier molecular flexibility index (Phi) is 4.75. The van der Waals surface area contributed by atoms with Gasteiger partial charge < -0.3 is 5.32 Å². The fourth-order valence-electron chi connectivity index (χ4n) is 1.75. The van der Waals surface area contributed by atoms with Gasteiger partial charge in [-0.2, -0.15) is 0 Å². The van der Waals surface area contributed by atoms with Crippen molar-refractivity contribution in [3.63, 3.8) is 0 Å². The molecule has 0 aliphatic rings. The molecule has 18 heavy (non-hydrogen) atoms. The van der Waals surface area contributed by atoms with E-state index in [9.17, 15) is 0 Å². The monoisotopic (exact) mass is 280 g/mol. The second kappa shape index (κ2) is 6.32. The molecule has 0 amide bonds. The van der Waals surface area contributed by atoms with Crippen molar-refractivity contribution in [2.24, 2.45) is 0 Å². The van der Waals surface area contributed by atoms with Crippen LogP contribution in [-0.4, -0.2) is 4.98 Å². The Labute approximate surface area is 117 Å². The number of benzene rings is 1. The molecule has 0 saturated carbocycles. The van der Waals surface area contributed by atoms with Gasteiger partial charge in [0.15, 0.2) is 0 Å². The Hall–Kier alpha value is -0.900. The molecule has 0 atom stereocenters. The van der Waals surface area contributed by atoms with Crippen molar-refractivity contribution >= 4 is 22.9 Å². The molecule has 1 aromatic heterocycles. The Morgan fingerprint density at radius 3 is 2.83 bits per heavy atom. The van der Waals surface area contributed by atoms with Gasteiger partial charge in [-0.3, -0.25) is 0 Å². The molecule has 0 bridgehead atoms. The number of thiazole rings is 1. The minimum absolute atomic E-state index is 0.795. The van der Waals surface area contributed by atoms with Crippen molar-refractivity contribution in [2.75, 3.05) is 0 Å². The first-order valence-corrected chi connectivity index (χ1v) is 7.28. The van der Waals surface area contributed by atoms with E-state index in [2.05, 4.69) is 30.2 Å². The highest BCUT2D eigenvalue weighted by molar-refractivity contribution is 7.11. The van der Waals surface area contributed by atoms with Crippen LogP contribution in [-0.2, 0) is 19.5 Å². The molecule has 1 N–H and O–H groups in total. The summed E-state index contributed by atoms with van der Waals surface area (Å²) in [5.74, 6) is 0. The molecule has 1 heterocycles. The summed E-state index contributed by atoms with van der Waals surface area (Å²) in [5, 5.41) is 5.37. The highest BCUT2D eigenvalue weighted by Gasteiger charge is 2.02. The Morgan fingerprint density at radius 1 is 1.33 bits per heavy atom. The molecule has 0 saturated heterocycles. The number of rotatable bonds is 5. The minimum Gasteiger partial charge on any atom is -0.306 e. The van der Waals surface area contributed by atoms with Gasteiger partial charge in [0.1, 0.15) is 5.01 Å². The number of aryl methyl sites for hydroxylation is 2. The van der Waals surface area contributed by atoms with E-state index in [1.54, 1.807) is 11.3 Å². The lowest BCUT2D eigenvalue weighted by atomic mass is 10.1. The fraction of sp³-hybridized carbons (Fsp3) is 0.357. The van der Waals surface area contributed by atoms with Crippen molar-refractivity contribution in [3.8, 4) is 0 Å². The molecule has 2 nitrogen and oxygen atoms in total. The van der Waals surface area contributed by atoms with Gasteiger partial charge >= 0.3 is 0 Å². The molecule has 0 aliphatic heterocycles. The predicted octanol–water partition coefficient (Wildman–Crippen LogP) is 3.96. The number of hydrogen-bond acceptors (Lipinski definition) is 3. The first kappa shape index (κ1) is 13.5. The van der Waals surface area contributed by atoms with E-state index >= 15 is 0 Å². The van der Waals surface area contributed by atoms with Crippen LogP contribution in [0, 0.1) is 6.92 Å². The summed E-state index contributed by atoms with van der Waals surface area (Å²) in [7, 11) is 0. The Balaban J connectivity index is 1.88. The van der Waals surface area contributed by atoms with Gasteiger partial charge in [0.2, 0.25) is 0 Å². The van der Waals surface area contributed by atoms with Gasteiger partial charge in [0.25, 0.3) is 0 Å². The number of nitrogens with zero attached hydrogens (tertiary/aromatic N) is 1. The Bertz CT molecular complexity index is 522. The summed E-state index contributed by atoms with van der Waals surface area (Å²) in [6.45, 7) is 5.92. The zero-order chi connectivity index (χ0) is 13.0. The third-order valence-corrected chi connectivity index (χ3v) is 4.22. The fourth-order valence-corrected chi connectivity index (χ4v) is 2.81. The van der Waals surface area contributed by atoms with Gasteiger partial charge in [-0.05, 0) is 36.6 Å². The topological polar surface area (TPSA) is 24.9 Å². The second-order valence-electron chi connectivity index (χ2n) is 4.25. The minimum atomic E-state index is 0.795. The molecule has 1 aromatic carbocycles. The van der Waals surface area contributed by atoms with E-state index in [4.69, 9.17) is 11.6 Å². The van der Waals surface area contributed by atoms with Gasteiger partial charge in [-0.1, -0.05) is 24.6 Å². The summed E-state index contributed by atoms with van der Waals surface area (Å²) in [4.78, 5) is 5.73. The standard InChI is InChI=1S/C14H17ClN2S/c1-3-13-8-17-14(18-13)9-16-7-11-4-5-12(15)6-10(11)2/h4-6,8,16H,3,7,9H2,1-2H3. The van der Waals surface area contributed by atoms with Crippen LogP contribution < -0.4 is 5.32 Å². The summed E-state index contributed by atoms with van der Waals surface area (Å²) in [6, 6.07) is 6.01. The van der Waals surface area contributed by atoms with Crippen LogP contribution in [0.5, 0.6) is 0 Å². The lowest BCUT2D eigenvalue weighted by Crippen LogP contribution is -2.13. The third kappa shape index (κ3) is 3.55. The molecule has 0 aliphatic carbocycles. The van der Waals surface area contributed by atoms with Crippen molar-refractivity contribution < 1.29 is 0 Å². The molecular weight excluding hydrogens is 264 g/mol. The summed E-state index contributed by atoms with van der Waals surface area (Å²) >= 11 is 7.72. The molecule has 2 rings (SSSR count). The molecule has 0 fully saturated rings. The number of nitrogens with one attached hydrogen (secondary N) is 1. The molecule has 0 spiro atoms. The first-order valence-electron chi connectivity index (χ1n) is 6.08. The first-order chi connectivity index (χ1) is 8.69. The lowest BCUT2D eigenvalue weighted by molar-refractivity contribution is 0.687. The average molecular weight is 281 g/mol.